The van der Waals surface area contributed by atoms with E-state index < -0.39 is 0 Å². The molecule has 4 heteroatoms. The fourth-order valence-electron chi connectivity index (χ4n) is 2.58. The molecule has 0 fully saturated rings. The molecule has 88 valence electrons. The lowest BCUT2D eigenvalue weighted by Crippen LogP contribution is -2.24. The Balaban J connectivity index is 2.38. The molecule has 1 aliphatic heterocycles. The fraction of sp³-hybridized carbons (Fsp3) is 0.308. The van der Waals surface area contributed by atoms with Crippen LogP contribution in [-0.2, 0) is 13.5 Å². The number of hydrogen-bond donors (Lipinski definition) is 1. The van der Waals surface area contributed by atoms with Crippen LogP contribution in [0, 0.1) is 0 Å². The predicted octanol–water partition coefficient (Wildman–Crippen LogP) is 2.62. The minimum Gasteiger partial charge on any atom is -0.351 e. The van der Waals surface area contributed by atoms with Crippen molar-refractivity contribution >= 4 is 32.7 Å². The van der Waals surface area contributed by atoms with Crippen molar-refractivity contribution in [2.75, 3.05) is 6.54 Å². The van der Waals surface area contributed by atoms with Crippen LogP contribution in [0.4, 0.5) is 0 Å². The Labute approximate surface area is 108 Å². The predicted molar refractivity (Wildman–Crippen MR) is 71.3 cm³/mol. The number of carbonyl (C=O) groups excluding carboxylic acids is 1. The Morgan fingerprint density at radius 1 is 1.41 bits per heavy atom. The number of amides is 1. The maximum atomic E-state index is 12.0. The summed E-state index contributed by atoms with van der Waals surface area (Å²) in [5.41, 5.74) is 3.11. The number of nitrogens with zero attached hydrogens (tertiary/aromatic N) is 1. The van der Waals surface area contributed by atoms with Crippen LogP contribution in [0.1, 0.15) is 22.5 Å². The minimum atomic E-state index is 0.0484. The Morgan fingerprint density at radius 2 is 2.24 bits per heavy atom. The van der Waals surface area contributed by atoms with E-state index in [1.807, 2.05) is 17.7 Å². The van der Waals surface area contributed by atoms with E-state index in [9.17, 15) is 4.79 Å². The van der Waals surface area contributed by atoms with Crippen molar-refractivity contribution in [3.05, 3.63) is 33.9 Å². The van der Waals surface area contributed by atoms with Gasteiger partial charge in [-0.3, -0.25) is 4.79 Å². The molecule has 0 spiro atoms. The SMILES string of the molecule is Cn1c2c(c3ccc(Br)cc31)CCCNC2=O. The number of rotatable bonds is 0. The van der Waals surface area contributed by atoms with Gasteiger partial charge in [0.05, 0.1) is 0 Å². The van der Waals surface area contributed by atoms with Crippen LogP contribution in [-0.4, -0.2) is 17.0 Å². The quantitative estimate of drug-likeness (QED) is 0.796. The molecule has 1 aromatic heterocycles. The molecule has 1 N–H and O–H groups in total. The van der Waals surface area contributed by atoms with Gasteiger partial charge in [0.1, 0.15) is 5.69 Å². The number of nitrogens with one attached hydrogen (secondary N) is 1. The zero-order chi connectivity index (χ0) is 12.0. The molecule has 1 amide bonds. The highest BCUT2D eigenvalue weighted by atomic mass is 79.9. The molecular formula is C13H13BrN2O. The molecule has 1 aromatic carbocycles. The van der Waals surface area contributed by atoms with Crippen molar-refractivity contribution in [1.29, 1.82) is 0 Å². The fourth-order valence-corrected chi connectivity index (χ4v) is 2.93. The Hall–Kier alpha value is -1.29. The summed E-state index contributed by atoms with van der Waals surface area (Å²) < 4.78 is 3.04. The molecule has 0 bridgehead atoms. The summed E-state index contributed by atoms with van der Waals surface area (Å²) in [6.07, 6.45) is 1.97. The molecular weight excluding hydrogens is 280 g/mol. The van der Waals surface area contributed by atoms with Crippen molar-refractivity contribution in [1.82, 2.24) is 9.88 Å². The average Bonchev–Trinajstić information content (AvgIpc) is 2.46. The minimum absolute atomic E-state index is 0.0484. The van der Waals surface area contributed by atoms with Gasteiger partial charge in [-0.05, 0) is 30.5 Å². The molecule has 0 unspecified atom stereocenters. The summed E-state index contributed by atoms with van der Waals surface area (Å²) in [6, 6.07) is 6.19. The number of benzene rings is 1. The first-order valence-corrected chi connectivity index (χ1v) is 6.53. The standard InChI is InChI=1S/C13H13BrN2O/c1-16-11-7-8(14)4-5-9(11)10-3-2-6-15-13(17)12(10)16/h4-5,7H,2-3,6H2,1H3,(H,15,17). The molecule has 2 aromatic rings. The Bertz CT molecular complexity index is 615. The third kappa shape index (κ3) is 1.59. The van der Waals surface area contributed by atoms with Gasteiger partial charge < -0.3 is 9.88 Å². The second-order valence-corrected chi connectivity index (χ2v) is 5.32. The van der Waals surface area contributed by atoms with Gasteiger partial charge in [-0.15, -0.1) is 0 Å². The third-order valence-corrected chi connectivity index (χ3v) is 3.86. The van der Waals surface area contributed by atoms with Gasteiger partial charge in [0, 0.05) is 29.0 Å². The third-order valence-electron chi connectivity index (χ3n) is 3.37. The Morgan fingerprint density at radius 3 is 3.06 bits per heavy atom. The van der Waals surface area contributed by atoms with Crippen LogP contribution in [0.25, 0.3) is 10.9 Å². The molecule has 0 radical (unpaired) electrons. The van der Waals surface area contributed by atoms with Crippen molar-refractivity contribution in [2.45, 2.75) is 12.8 Å². The van der Waals surface area contributed by atoms with Crippen molar-refractivity contribution in [3.63, 3.8) is 0 Å². The molecule has 1 aliphatic rings. The van der Waals surface area contributed by atoms with Gasteiger partial charge in [-0.25, -0.2) is 0 Å². The van der Waals surface area contributed by atoms with E-state index in [0.717, 1.165) is 35.1 Å². The van der Waals surface area contributed by atoms with Gasteiger partial charge in [0.15, 0.2) is 0 Å². The number of fused-ring (bicyclic) bond motifs is 3. The van der Waals surface area contributed by atoms with Crippen LogP contribution in [0.15, 0.2) is 22.7 Å². The maximum Gasteiger partial charge on any atom is 0.268 e. The molecule has 0 aliphatic carbocycles. The largest absolute Gasteiger partial charge is 0.351 e. The van der Waals surface area contributed by atoms with Gasteiger partial charge in [0.2, 0.25) is 0 Å². The summed E-state index contributed by atoms with van der Waals surface area (Å²) >= 11 is 3.48. The van der Waals surface area contributed by atoms with E-state index in [1.54, 1.807) is 0 Å². The van der Waals surface area contributed by atoms with Crippen LogP contribution in [0.5, 0.6) is 0 Å². The topological polar surface area (TPSA) is 34.0 Å². The highest BCUT2D eigenvalue weighted by Crippen LogP contribution is 2.29. The number of carbonyl (C=O) groups is 1. The summed E-state index contributed by atoms with van der Waals surface area (Å²) in [5.74, 6) is 0.0484. The van der Waals surface area contributed by atoms with Crippen LogP contribution >= 0.6 is 15.9 Å². The van der Waals surface area contributed by atoms with Gasteiger partial charge in [-0.1, -0.05) is 22.0 Å². The molecule has 0 saturated heterocycles. The number of aromatic nitrogens is 1. The van der Waals surface area contributed by atoms with E-state index >= 15 is 0 Å². The van der Waals surface area contributed by atoms with E-state index in [0.29, 0.717) is 0 Å². The smallest absolute Gasteiger partial charge is 0.268 e. The average molecular weight is 293 g/mol. The first-order chi connectivity index (χ1) is 8.18. The summed E-state index contributed by atoms with van der Waals surface area (Å²) in [7, 11) is 1.96. The second-order valence-electron chi connectivity index (χ2n) is 4.41. The molecule has 17 heavy (non-hydrogen) atoms. The van der Waals surface area contributed by atoms with E-state index in [2.05, 4.69) is 33.4 Å². The van der Waals surface area contributed by atoms with Gasteiger partial charge in [0.25, 0.3) is 5.91 Å². The lowest BCUT2D eigenvalue weighted by atomic mass is 10.1. The van der Waals surface area contributed by atoms with E-state index in [1.165, 1.54) is 10.9 Å². The molecule has 3 nitrogen and oxygen atoms in total. The second kappa shape index (κ2) is 3.88. The van der Waals surface area contributed by atoms with Crippen LogP contribution < -0.4 is 5.32 Å². The van der Waals surface area contributed by atoms with E-state index in [-0.39, 0.29) is 5.91 Å². The molecule has 2 heterocycles. The highest BCUT2D eigenvalue weighted by molar-refractivity contribution is 9.10. The van der Waals surface area contributed by atoms with Crippen LogP contribution in [0.2, 0.25) is 0 Å². The summed E-state index contributed by atoms with van der Waals surface area (Å²) in [6.45, 7) is 0.769. The zero-order valence-corrected chi connectivity index (χ0v) is 11.2. The first-order valence-electron chi connectivity index (χ1n) is 5.73. The van der Waals surface area contributed by atoms with Crippen molar-refractivity contribution < 1.29 is 4.79 Å². The number of halogens is 1. The summed E-state index contributed by atoms with van der Waals surface area (Å²) in [5, 5.41) is 4.14. The number of hydrogen-bond acceptors (Lipinski definition) is 1. The lowest BCUT2D eigenvalue weighted by molar-refractivity contribution is 0.0948. The first kappa shape index (κ1) is 10.8. The highest BCUT2D eigenvalue weighted by Gasteiger charge is 2.22. The van der Waals surface area contributed by atoms with E-state index in [4.69, 9.17) is 0 Å². The Kier molecular flexibility index (Phi) is 2.47. The number of aryl methyl sites for hydroxylation is 2. The van der Waals surface area contributed by atoms with Crippen molar-refractivity contribution in [2.24, 2.45) is 7.05 Å². The summed E-state index contributed by atoms with van der Waals surface area (Å²) in [4.78, 5) is 12.0. The lowest BCUT2D eigenvalue weighted by Gasteiger charge is -2.03. The van der Waals surface area contributed by atoms with Crippen molar-refractivity contribution in [3.8, 4) is 0 Å². The normalized spacial score (nSPS) is 15.5. The van der Waals surface area contributed by atoms with Crippen LogP contribution in [0.3, 0.4) is 0 Å². The zero-order valence-electron chi connectivity index (χ0n) is 9.59. The van der Waals surface area contributed by atoms with Gasteiger partial charge in [-0.2, -0.15) is 0 Å². The monoisotopic (exact) mass is 292 g/mol. The van der Waals surface area contributed by atoms with Gasteiger partial charge >= 0.3 is 0 Å². The molecule has 0 atom stereocenters. The maximum absolute atomic E-state index is 12.0. The molecule has 0 saturated carbocycles. The molecule has 3 rings (SSSR count).